The Morgan fingerprint density at radius 3 is 2.26 bits per heavy atom. The van der Waals surface area contributed by atoms with Gasteiger partial charge in [0.2, 0.25) is 0 Å². The highest BCUT2D eigenvalue weighted by Crippen LogP contribution is 2.17. The van der Waals surface area contributed by atoms with Crippen LogP contribution in [0.1, 0.15) is 22.8 Å². The number of hydrogen-bond acceptors (Lipinski definition) is 7. The molecular weight excluding hydrogens is 438 g/mol. The summed E-state index contributed by atoms with van der Waals surface area (Å²) in [4.78, 5) is 36.3. The molecule has 0 unspecified atom stereocenters. The number of benzene rings is 3. The Hall–Kier alpha value is -4.66. The Labute approximate surface area is 196 Å². The van der Waals surface area contributed by atoms with Crippen molar-refractivity contribution < 1.29 is 28.6 Å². The van der Waals surface area contributed by atoms with Crippen LogP contribution in [-0.4, -0.2) is 37.7 Å². The van der Waals surface area contributed by atoms with Crippen molar-refractivity contribution in [3.8, 4) is 17.2 Å². The molecule has 0 radical (unpaired) electrons. The van der Waals surface area contributed by atoms with Gasteiger partial charge in [-0.25, -0.2) is 10.2 Å². The number of nitrogens with one attached hydrogen (secondary N) is 2. The first kappa shape index (κ1) is 24.0. The topological polar surface area (TPSA) is 115 Å². The van der Waals surface area contributed by atoms with Crippen molar-refractivity contribution in [1.29, 1.82) is 0 Å². The first-order chi connectivity index (χ1) is 16.5. The normalized spacial score (nSPS) is 10.4. The lowest BCUT2D eigenvalue weighted by Gasteiger charge is -2.06. The van der Waals surface area contributed by atoms with E-state index in [1.807, 2.05) is 6.92 Å². The predicted octanol–water partition coefficient (Wildman–Crippen LogP) is 3.40. The van der Waals surface area contributed by atoms with Crippen molar-refractivity contribution in [3.63, 3.8) is 0 Å². The fraction of sp³-hybridized carbons (Fsp3) is 0.120. The molecular formula is C25H23N3O6. The molecule has 0 heterocycles. The van der Waals surface area contributed by atoms with Crippen LogP contribution in [0.5, 0.6) is 17.2 Å². The first-order valence-corrected chi connectivity index (χ1v) is 10.3. The van der Waals surface area contributed by atoms with Crippen molar-refractivity contribution in [3.05, 3.63) is 83.9 Å². The number of rotatable bonds is 8. The molecule has 0 atom stereocenters. The summed E-state index contributed by atoms with van der Waals surface area (Å²) in [7, 11) is 1.54. The molecule has 0 bridgehead atoms. The average Bonchev–Trinajstić information content (AvgIpc) is 2.85. The number of nitrogens with zero attached hydrogens (tertiary/aromatic N) is 1. The minimum atomic E-state index is -0.938. The molecule has 0 aliphatic heterocycles. The van der Waals surface area contributed by atoms with Gasteiger partial charge in [-0.2, -0.15) is 5.10 Å². The number of hydrogen-bond donors (Lipinski definition) is 2. The molecule has 0 spiro atoms. The number of carbonyl (C=O) groups excluding carboxylic acids is 3. The third-order valence-corrected chi connectivity index (χ3v) is 4.40. The highest BCUT2D eigenvalue weighted by Gasteiger charge is 2.13. The number of methoxy groups -OCH3 is 1. The molecule has 34 heavy (non-hydrogen) atoms. The number of carbonyl (C=O) groups is 3. The second kappa shape index (κ2) is 11.8. The van der Waals surface area contributed by atoms with Gasteiger partial charge in [0, 0.05) is 5.69 Å². The molecule has 0 aromatic heterocycles. The third-order valence-electron chi connectivity index (χ3n) is 4.40. The molecule has 3 rings (SSSR count). The summed E-state index contributed by atoms with van der Waals surface area (Å²) in [6, 6.07) is 19.7. The van der Waals surface area contributed by atoms with E-state index >= 15 is 0 Å². The van der Waals surface area contributed by atoms with Crippen LogP contribution in [0, 0.1) is 0 Å². The number of hydrazone groups is 1. The number of esters is 1. The predicted molar refractivity (Wildman–Crippen MR) is 126 cm³/mol. The monoisotopic (exact) mass is 461 g/mol. The van der Waals surface area contributed by atoms with Crippen molar-refractivity contribution >= 4 is 29.7 Å². The van der Waals surface area contributed by atoms with Gasteiger partial charge in [0.05, 0.1) is 25.5 Å². The van der Waals surface area contributed by atoms with E-state index in [1.165, 1.54) is 13.3 Å². The standard InChI is InChI=1S/C25H23N3O6/c1-3-33-21-13-9-19(10-14-21)27-23(29)24(30)28-26-16-17-5-4-6-22(15-17)34-25(31)18-7-11-20(32-2)12-8-18/h4-16H,3H2,1-2H3,(H,27,29)(H,28,30). The van der Waals surface area contributed by atoms with Gasteiger partial charge in [-0.15, -0.1) is 0 Å². The van der Waals surface area contributed by atoms with Crippen molar-refractivity contribution in [2.24, 2.45) is 5.10 Å². The smallest absolute Gasteiger partial charge is 0.343 e. The lowest BCUT2D eigenvalue weighted by Crippen LogP contribution is -2.32. The van der Waals surface area contributed by atoms with Crippen LogP contribution >= 0.6 is 0 Å². The number of ether oxygens (including phenoxy) is 3. The van der Waals surface area contributed by atoms with E-state index in [-0.39, 0.29) is 0 Å². The lowest BCUT2D eigenvalue weighted by molar-refractivity contribution is -0.136. The van der Waals surface area contributed by atoms with Gasteiger partial charge < -0.3 is 19.5 Å². The van der Waals surface area contributed by atoms with Crippen LogP contribution in [0.3, 0.4) is 0 Å². The second-order valence-corrected chi connectivity index (χ2v) is 6.80. The number of amides is 2. The second-order valence-electron chi connectivity index (χ2n) is 6.80. The summed E-state index contributed by atoms with van der Waals surface area (Å²) in [5.74, 6) is -0.757. The molecule has 174 valence electrons. The highest BCUT2D eigenvalue weighted by molar-refractivity contribution is 6.39. The molecule has 0 fully saturated rings. The first-order valence-electron chi connectivity index (χ1n) is 10.3. The Bertz CT molecular complexity index is 1170. The molecule has 2 N–H and O–H groups in total. The summed E-state index contributed by atoms with van der Waals surface area (Å²) in [5, 5.41) is 6.25. The van der Waals surface area contributed by atoms with Crippen LogP contribution in [0.15, 0.2) is 77.9 Å². The van der Waals surface area contributed by atoms with E-state index in [1.54, 1.807) is 72.8 Å². The third kappa shape index (κ3) is 6.92. The van der Waals surface area contributed by atoms with Gasteiger partial charge in [-0.1, -0.05) is 12.1 Å². The van der Waals surface area contributed by atoms with Crippen LogP contribution in [0.4, 0.5) is 5.69 Å². The number of anilines is 1. The van der Waals surface area contributed by atoms with E-state index in [4.69, 9.17) is 14.2 Å². The molecule has 0 aliphatic carbocycles. The van der Waals surface area contributed by atoms with E-state index < -0.39 is 17.8 Å². The zero-order valence-corrected chi connectivity index (χ0v) is 18.6. The Morgan fingerprint density at radius 1 is 0.882 bits per heavy atom. The Morgan fingerprint density at radius 2 is 1.59 bits per heavy atom. The molecule has 2 amide bonds. The van der Waals surface area contributed by atoms with Gasteiger partial charge >= 0.3 is 17.8 Å². The van der Waals surface area contributed by atoms with E-state index in [9.17, 15) is 14.4 Å². The summed E-state index contributed by atoms with van der Waals surface area (Å²) in [5.41, 5.74) is 3.51. The largest absolute Gasteiger partial charge is 0.497 e. The minimum Gasteiger partial charge on any atom is -0.497 e. The molecule has 0 saturated carbocycles. The van der Waals surface area contributed by atoms with E-state index in [0.717, 1.165) is 0 Å². The Kier molecular flexibility index (Phi) is 8.34. The molecule has 9 heteroatoms. The van der Waals surface area contributed by atoms with Crippen molar-refractivity contribution in [1.82, 2.24) is 5.43 Å². The van der Waals surface area contributed by atoms with Gasteiger partial charge in [0.15, 0.2) is 0 Å². The maximum absolute atomic E-state index is 12.3. The molecule has 0 aliphatic rings. The van der Waals surface area contributed by atoms with Crippen LogP contribution in [0.25, 0.3) is 0 Å². The quantitative estimate of drug-likeness (QED) is 0.175. The van der Waals surface area contributed by atoms with Crippen LogP contribution in [0.2, 0.25) is 0 Å². The van der Waals surface area contributed by atoms with Gasteiger partial charge in [0.25, 0.3) is 0 Å². The molecule has 0 saturated heterocycles. The maximum Gasteiger partial charge on any atom is 0.343 e. The van der Waals surface area contributed by atoms with Crippen molar-refractivity contribution in [2.45, 2.75) is 6.92 Å². The Balaban J connectivity index is 1.52. The summed E-state index contributed by atoms with van der Waals surface area (Å²) < 4.78 is 15.8. The maximum atomic E-state index is 12.3. The van der Waals surface area contributed by atoms with Crippen molar-refractivity contribution in [2.75, 3.05) is 19.0 Å². The minimum absolute atomic E-state index is 0.296. The van der Waals surface area contributed by atoms with E-state index in [0.29, 0.717) is 40.7 Å². The highest BCUT2D eigenvalue weighted by atomic mass is 16.5. The van der Waals surface area contributed by atoms with Crippen LogP contribution < -0.4 is 25.0 Å². The summed E-state index contributed by atoms with van der Waals surface area (Å²) in [6.45, 7) is 2.39. The van der Waals surface area contributed by atoms with Gasteiger partial charge in [-0.3, -0.25) is 9.59 Å². The summed E-state index contributed by atoms with van der Waals surface area (Å²) >= 11 is 0. The molecule has 3 aromatic carbocycles. The molecule has 3 aromatic rings. The zero-order chi connectivity index (χ0) is 24.3. The SMILES string of the molecule is CCOc1ccc(NC(=O)C(=O)NN=Cc2cccc(OC(=O)c3ccc(OC)cc3)c2)cc1. The molecule has 9 nitrogen and oxygen atoms in total. The fourth-order valence-electron chi connectivity index (χ4n) is 2.76. The van der Waals surface area contributed by atoms with E-state index in [2.05, 4.69) is 15.8 Å². The van der Waals surface area contributed by atoms with Crippen LogP contribution in [-0.2, 0) is 9.59 Å². The fourth-order valence-corrected chi connectivity index (χ4v) is 2.76. The lowest BCUT2D eigenvalue weighted by atomic mass is 10.2. The summed E-state index contributed by atoms with van der Waals surface area (Å²) in [6.07, 6.45) is 1.33. The van der Waals surface area contributed by atoms with Gasteiger partial charge in [0.1, 0.15) is 17.2 Å². The zero-order valence-electron chi connectivity index (χ0n) is 18.6. The van der Waals surface area contributed by atoms with Gasteiger partial charge in [-0.05, 0) is 73.2 Å². The average molecular weight is 461 g/mol.